The van der Waals surface area contributed by atoms with Gasteiger partial charge in [0.2, 0.25) is 0 Å². The smallest absolute Gasteiger partial charge is 0.373 e. The highest BCUT2D eigenvalue weighted by molar-refractivity contribution is 7.18. The number of hydrogen-bond acceptors (Lipinski definition) is 12. The minimum Gasteiger partial charge on any atom is -0.373 e. The molecule has 6 aliphatic heterocycles. The number of rotatable bonds is 14. The summed E-state index contributed by atoms with van der Waals surface area (Å²) < 4.78 is 89.6. The lowest BCUT2D eigenvalue weighted by atomic mass is 10.3. The molecule has 0 aromatic rings. The summed E-state index contributed by atoms with van der Waals surface area (Å²) in [5.41, 5.74) is 0. The molecule has 6 aliphatic rings. The fourth-order valence-corrected chi connectivity index (χ4v) is 59.3. The van der Waals surface area contributed by atoms with E-state index in [0.29, 0.717) is 42.3 Å². The summed E-state index contributed by atoms with van der Waals surface area (Å²) in [5, 5.41) is 0. The molecule has 0 spiro atoms. The average molecular weight is 852 g/mol. The van der Waals surface area contributed by atoms with Gasteiger partial charge in [0.15, 0.2) is 0 Å². The van der Waals surface area contributed by atoms with Crippen molar-refractivity contribution in [2.45, 2.75) is 139 Å². The van der Waals surface area contributed by atoms with Crippen LogP contribution in [-0.4, -0.2) is 69.7 Å². The first-order valence-corrected chi connectivity index (χ1v) is 34.8. The van der Waals surface area contributed by atoms with Crippen molar-refractivity contribution in [3.8, 4) is 0 Å². The zero-order valence-electron chi connectivity index (χ0n) is 32.3. The third-order valence-electron chi connectivity index (χ3n) is 8.24. The minimum absolute atomic E-state index is 0.0972. The molecule has 21 heteroatoms. The Kier molecular flexibility index (Phi) is 12.4. The zero-order chi connectivity index (χ0) is 36.5. The minimum atomic E-state index is -4.27. The van der Waals surface area contributed by atoms with Crippen molar-refractivity contribution >= 4 is 80.8 Å². The molecule has 6 rings (SSSR count). The second kappa shape index (κ2) is 14.6. The predicted molar refractivity (Wildman–Crippen MR) is 202 cm³/mol. The molecule has 0 aromatic heterocycles. The topological polar surface area (TPSA) is 111 Å². The third kappa shape index (κ3) is 9.51. The normalized spacial score (nSPS) is 43.7. The second-order valence-corrected chi connectivity index (χ2v) is 42.2. The second-order valence-electron chi connectivity index (χ2n) is 17.7. The van der Waals surface area contributed by atoms with Crippen LogP contribution in [0.15, 0.2) is 0 Å². The van der Waals surface area contributed by atoms with Crippen LogP contribution >= 0.6 is 11.1 Å². The van der Waals surface area contributed by atoms with Gasteiger partial charge in [-0.1, -0.05) is 108 Å². The van der Waals surface area contributed by atoms with Gasteiger partial charge in [-0.3, -0.25) is 0 Å². The molecule has 0 amide bonds. The molecule has 0 unspecified atom stereocenters. The molecule has 8 bridgehead atoms. The highest BCUT2D eigenvalue weighted by Crippen LogP contribution is 2.55. The van der Waals surface area contributed by atoms with Crippen LogP contribution in [0.4, 0.5) is 0 Å². The van der Waals surface area contributed by atoms with Crippen LogP contribution in [0.1, 0.15) is 96.9 Å². The molecule has 0 aromatic carbocycles. The van der Waals surface area contributed by atoms with E-state index in [1.165, 1.54) is 0 Å². The summed E-state index contributed by atoms with van der Waals surface area (Å²) in [6.07, 6.45) is 0. The Morgan fingerprint density at radius 3 is 0.510 bits per heavy atom. The van der Waals surface area contributed by atoms with Gasteiger partial charge in [-0.15, -0.1) is 0 Å². The monoisotopic (exact) mass is 850 g/mol. The van der Waals surface area contributed by atoms with Gasteiger partial charge in [0.05, 0.1) is 0 Å². The van der Waals surface area contributed by atoms with E-state index in [-0.39, 0.29) is 41.4 Å². The Bertz CT molecular complexity index is 1030. The average Bonchev–Trinajstić information content (AvgIpc) is 2.74. The van der Waals surface area contributed by atoms with Crippen molar-refractivity contribution in [2.24, 2.45) is 41.4 Å². The molecule has 6 heterocycles. The molecule has 0 saturated carbocycles. The van der Waals surface area contributed by atoms with E-state index in [4.69, 9.17) is 60.5 Å². The van der Waals surface area contributed by atoms with Crippen molar-refractivity contribution in [1.29, 1.82) is 0 Å². The molecule has 6 fully saturated rings. The molecule has 49 heavy (non-hydrogen) atoms. The molecular formula is C28H63ClO12Si8. The summed E-state index contributed by atoms with van der Waals surface area (Å²) in [7, 11) is -31.5. The van der Waals surface area contributed by atoms with E-state index in [2.05, 4.69) is 96.9 Å². The van der Waals surface area contributed by atoms with Gasteiger partial charge in [-0.25, -0.2) is 0 Å². The molecule has 6 saturated heterocycles. The molecule has 0 radical (unpaired) electrons. The Balaban J connectivity index is 1.93. The van der Waals surface area contributed by atoms with Gasteiger partial charge < -0.3 is 49.4 Å². The van der Waals surface area contributed by atoms with Crippen LogP contribution < -0.4 is 0 Å². The summed E-state index contributed by atoms with van der Waals surface area (Å²) >= 11 is 7.68. The Hall–Kier alpha value is 1.55. The van der Waals surface area contributed by atoms with E-state index < -0.39 is 69.7 Å². The standard InChI is InChI=1S/C28H63ClO12Si8/c1-22(2)15-42-30-43(16-23(3)4)33-46(19-26(9)10)35-44(31-42,17-24(5)6)37-48(21-28(13)14)38-45(32-42,18-25(7)8)36-47(34-43,20-27(11)12)40-49(29,39-46)41-48/h22-28H,15-21H2,1-14H3. The maximum atomic E-state index is 7.68. The van der Waals surface area contributed by atoms with Crippen LogP contribution in [0, 0.1) is 41.4 Å². The first kappa shape index (κ1) is 41.7. The molecule has 0 atom stereocenters. The van der Waals surface area contributed by atoms with Gasteiger partial charge >= 0.3 is 69.7 Å². The predicted octanol–water partition coefficient (Wildman–Crippen LogP) is 8.09. The van der Waals surface area contributed by atoms with E-state index in [1.807, 2.05) is 0 Å². The lowest BCUT2D eigenvalue weighted by molar-refractivity contribution is -0.0290. The zero-order valence-corrected chi connectivity index (χ0v) is 41.0. The molecule has 0 N–H and O–H groups in total. The SMILES string of the molecule is CC(C)C[Si]12O[Si]3(Cl)O[Si]4(CC(C)C)O[Si](CC(C)C)(O1)O[Si]1(CC(C)C)O[Si](CC(C)C)(O2)O[Si](CC(C)C)(O3)O[Si](CC(C)C)(O4)O1. The van der Waals surface area contributed by atoms with Crippen molar-refractivity contribution in [2.75, 3.05) is 0 Å². The lowest BCUT2D eigenvalue weighted by Gasteiger charge is -2.63. The maximum Gasteiger partial charge on any atom is 0.591 e. The van der Waals surface area contributed by atoms with Crippen molar-refractivity contribution in [3.05, 3.63) is 0 Å². The number of hydrogen-bond donors (Lipinski definition) is 0. The summed E-state index contributed by atoms with van der Waals surface area (Å²) in [4.78, 5) is 0. The van der Waals surface area contributed by atoms with Crippen LogP contribution in [0.2, 0.25) is 42.3 Å². The van der Waals surface area contributed by atoms with Crippen LogP contribution in [0.25, 0.3) is 0 Å². The van der Waals surface area contributed by atoms with E-state index in [9.17, 15) is 0 Å². The van der Waals surface area contributed by atoms with E-state index in [1.54, 1.807) is 0 Å². The molecule has 286 valence electrons. The Morgan fingerprint density at radius 1 is 0.265 bits per heavy atom. The summed E-state index contributed by atoms with van der Waals surface area (Å²) in [5.74, 6) is 0.788. The highest BCUT2D eigenvalue weighted by atomic mass is 35.6. The summed E-state index contributed by atoms with van der Waals surface area (Å²) in [6.45, 7) is 29.8. The van der Waals surface area contributed by atoms with Gasteiger partial charge in [-0.05, 0) is 41.4 Å². The Morgan fingerprint density at radius 2 is 0.388 bits per heavy atom. The van der Waals surface area contributed by atoms with Gasteiger partial charge in [-0.2, -0.15) is 0 Å². The Labute approximate surface area is 309 Å². The van der Waals surface area contributed by atoms with E-state index in [0.717, 1.165) is 0 Å². The maximum absolute atomic E-state index is 7.68. The molecular weight excluding hydrogens is 788 g/mol. The highest BCUT2D eigenvalue weighted by Gasteiger charge is 2.83. The third-order valence-corrected chi connectivity index (χ3v) is 48.6. The first-order chi connectivity index (χ1) is 22.4. The summed E-state index contributed by atoms with van der Waals surface area (Å²) in [6, 6.07) is 3.15. The van der Waals surface area contributed by atoms with Crippen LogP contribution in [-0.2, 0) is 49.4 Å². The van der Waals surface area contributed by atoms with Gasteiger partial charge in [0.25, 0.3) is 0 Å². The van der Waals surface area contributed by atoms with E-state index >= 15 is 0 Å². The lowest BCUT2D eigenvalue weighted by Crippen LogP contribution is -2.88. The van der Waals surface area contributed by atoms with Gasteiger partial charge in [0.1, 0.15) is 0 Å². The van der Waals surface area contributed by atoms with Crippen molar-refractivity contribution in [1.82, 2.24) is 0 Å². The fourth-order valence-electron chi connectivity index (χ4n) is 7.56. The first-order valence-electron chi connectivity index (χ1n) is 18.5. The van der Waals surface area contributed by atoms with Crippen LogP contribution in [0.3, 0.4) is 0 Å². The largest absolute Gasteiger partial charge is 0.591 e. The van der Waals surface area contributed by atoms with Gasteiger partial charge in [0, 0.05) is 42.3 Å². The van der Waals surface area contributed by atoms with Crippen LogP contribution in [0.5, 0.6) is 0 Å². The number of halogens is 1. The molecule has 0 aliphatic carbocycles. The molecule has 12 nitrogen and oxygen atoms in total. The quantitative estimate of drug-likeness (QED) is 0.125. The fraction of sp³-hybridized carbons (Fsp3) is 1.00. The van der Waals surface area contributed by atoms with Crippen molar-refractivity contribution < 1.29 is 49.4 Å². The van der Waals surface area contributed by atoms with Crippen molar-refractivity contribution in [3.63, 3.8) is 0 Å².